The van der Waals surface area contributed by atoms with Crippen LogP contribution in [0.3, 0.4) is 0 Å². The molecule has 0 bridgehead atoms. The van der Waals surface area contributed by atoms with E-state index in [4.69, 9.17) is 10.5 Å². The predicted molar refractivity (Wildman–Crippen MR) is 62.8 cm³/mol. The number of nitrogens with two attached hydrogens (primary N) is 1. The minimum absolute atomic E-state index is 0.136. The van der Waals surface area contributed by atoms with Gasteiger partial charge in [0.2, 0.25) is 0 Å². The van der Waals surface area contributed by atoms with E-state index < -0.39 is 11.6 Å². The maximum Gasteiger partial charge on any atom is 0.130 e. The molecule has 1 aromatic carbocycles. The Labute approximate surface area is 103 Å². The van der Waals surface area contributed by atoms with Crippen LogP contribution in [0.15, 0.2) is 36.5 Å². The average molecular weight is 250 g/mol. The highest BCUT2D eigenvalue weighted by Crippen LogP contribution is 2.16. The van der Waals surface area contributed by atoms with Crippen LogP contribution in [0.2, 0.25) is 0 Å². The molecule has 94 valence electrons. The Morgan fingerprint density at radius 3 is 2.39 bits per heavy atom. The Balaban J connectivity index is 2.01. The van der Waals surface area contributed by atoms with E-state index in [0.717, 1.165) is 23.8 Å². The molecular formula is C13H12F2N2O. The smallest absolute Gasteiger partial charge is 0.130 e. The number of hydrogen-bond acceptors (Lipinski definition) is 3. The van der Waals surface area contributed by atoms with Crippen molar-refractivity contribution in [3.05, 3.63) is 59.4 Å². The summed E-state index contributed by atoms with van der Waals surface area (Å²) < 4.78 is 31.1. The van der Waals surface area contributed by atoms with Gasteiger partial charge in [0.1, 0.15) is 24.0 Å². The van der Waals surface area contributed by atoms with E-state index in [1.807, 2.05) is 6.07 Å². The topological polar surface area (TPSA) is 48.1 Å². The monoisotopic (exact) mass is 250 g/mol. The van der Waals surface area contributed by atoms with Crippen LogP contribution in [-0.2, 0) is 13.2 Å². The molecule has 0 amide bonds. The minimum atomic E-state index is -0.670. The van der Waals surface area contributed by atoms with Crippen molar-refractivity contribution in [3.8, 4) is 5.75 Å². The number of nitrogens with zero attached hydrogens (tertiary/aromatic N) is 1. The van der Waals surface area contributed by atoms with Crippen molar-refractivity contribution < 1.29 is 13.5 Å². The van der Waals surface area contributed by atoms with Crippen molar-refractivity contribution in [2.45, 2.75) is 13.2 Å². The molecule has 0 radical (unpaired) electrons. The van der Waals surface area contributed by atoms with Gasteiger partial charge in [-0.05, 0) is 11.6 Å². The SMILES string of the molecule is NCc1ccc(COc2cc(F)cc(F)c2)nc1. The van der Waals surface area contributed by atoms with Gasteiger partial charge in [0.05, 0.1) is 5.69 Å². The van der Waals surface area contributed by atoms with Crippen LogP contribution in [-0.4, -0.2) is 4.98 Å². The molecular weight excluding hydrogens is 238 g/mol. The van der Waals surface area contributed by atoms with Crippen LogP contribution in [0.1, 0.15) is 11.3 Å². The fourth-order valence-corrected chi connectivity index (χ4v) is 1.43. The van der Waals surface area contributed by atoms with Gasteiger partial charge in [-0.25, -0.2) is 8.78 Å². The molecule has 3 nitrogen and oxygen atoms in total. The molecule has 2 N–H and O–H groups in total. The van der Waals surface area contributed by atoms with Crippen molar-refractivity contribution in [2.75, 3.05) is 0 Å². The summed E-state index contributed by atoms with van der Waals surface area (Å²) in [6, 6.07) is 6.63. The molecule has 18 heavy (non-hydrogen) atoms. The molecule has 0 spiro atoms. The molecule has 1 aromatic heterocycles. The van der Waals surface area contributed by atoms with E-state index in [-0.39, 0.29) is 12.4 Å². The summed E-state index contributed by atoms with van der Waals surface area (Å²) in [7, 11) is 0. The summed E-state index contributed by atoms with van der Waals surface area (Å²) in [5.41, 5.74) is 7.02. The summed E-state index contributed by atoms with van der Waals surface area (Å²) in [6.45, 7) is 0.566. The summed E-state index contributed by atoms with van der Waals surface area (Å²) >= 11 is 0. The second kappa shape index (κ2) is 5.55. The van der Waals surface area contributed by atoms with E-state index in [0.29, 0.717) is 12.2 Å². The maximum absolute atomic E-state index is 12.9. The lowest BCUT2D eigenvalue weighted by atomic mass is 10.2. The van der Waals surface area contributed by atoms with Crippen LogP contribution in [0.4, 0.5) is 8.78 Å². The lowest BCUT2D eigenvalue weighted by molar-refractivity contribution is 0.298. The zero-order valence-electron chi connectivity index (χ0n) is 9.57. The Morgan fingerprint density at radius 2 is 1.83 bits per heavy atom. The van der Waals surface area contributed by atoms with Crippen molar-refractivity contribution in [2.24, 2.45) is 5.73 Å². The third-order valence-corrected chi connectivity index (χ3v) is 2.34. The Kier molecular flexibility index (Phi) is 3.84. The number of rotatable bonds is 4. The summed E-state index contributed by atoms with van der Waals surface area (Å²) in [5.74, 6) is -1.20. The number of pyridine rings is 1. The van der Waals surface area contributed by atoms with Gasteiger partial charge in [-0.1, -0.05) is 6.07 Å². The molecule has 0 unspecified atom stereocenters. The third kappa shape index (κ3) is 3.24. The van der Waals surface area contributed by atoms with Crippen LogP contribution in [0.25, 0.3) is 0 Å². The Hall–Kier alpha value is -2.01. The van der Waals surface area contributed by atoms with Gasteiger partial charge in [-0.3, -0.25) is 4.98 Å². The first-order valence-corrected chi connectivity index (χ1v) is 5.40. The van der Waals surface area contributed by atoms with Crippen molar-refractivity contribution in [1.82, 2.24) is 4.98 Å². The second-order valence-corrected chi connectivity index (χ2v) is 3.76. The van der Waals surface area contributed by atoms with Gasteiger partial charge in [0.25, 0.3) is 0 Å². The van der Waals surface area contributed by atoms with Gasteiger partial charge < -0.3 is 10.5 Å². The molecule has 0 fully saturated rings. The molecule has 0 aliphatic carbocycles. The van der Waals surface area contributed by atoms with E-state index in [1.54, 1.807) is 12.3 Å². The zero-order valence-corrected chi connectivity index (χ0v) is 9.57. The minimum Gasteiger partial charge on any atom is -0.487 e. The molecule has 0 atom stereocenters. The van der Waals surface area contributed by atoms with Crippen LogP contribution in [0, 0.1) is 11.6 Å². The number of benzene rings is 1. The molecule has 0 aliphatic rings. The average Bonchev–Trinajstić information content (AvgIpc) is 2.36. The molecule has 0 saturated heterocycles. The Bertz CT molecular complexity index is 509. The predicted octanol–water partition coefficient (Wildman–Crippen LogP) is 2.40. The first-order chi connectivity index (χ1) is 8.67. The molecule has 2 rings (SSSR count). The highest BCUT2D eigenvalue weighted by Gasteiger charge is 2.02. The number of hydrogen-bond donors (Lipinski definition) is 1. The first-order valence-electron chi connectivity index (χ1n) is 5.40. The van der Waals surface area contributed by atoms with E-state index in [9.17, 15) is 8.78 Å². The van der Waals surface area contributed by atoms with Gasteiger partial charge in [0, 0.05) is 30.9 Å². The van der Waals surface area contributed by atoms with Gasteiger partial charge in [-0.2, -0.15) is 0 Å². The fraction of sp³-hybridized carbons (Fsp3) is 0.154. The lowest BCUT2D eigenvalue weighted by Gasteiger charge is -2.06. The molecule has 0 aliphatic heterocycles. The summed E-state index contributed by atoms with van der Waals surface area (Å²) in [6.07, 6.45) is 1.64. The molecule has 0 saturated carbocycles. The summed E-state index contributed by atoms with van der Waals surface area (Å²) in [5, 5.41) is 0. The van der Waals surface area contributed by atoms with E-state index in [1.165, 1.54) is 0 Å². The quantitative estimate of drug-likeness (QED) is 0.906. The third-order valence-electron chi connectivity index (χ3n) is 2.34. The summed E-state index contributed by atoms with van der Waals surface area (Å²) in [4.78, 5) is 4.12. The number of ether oxygens (including phenoxy) is 1. The zero-order chi connectivity index (χ0) is 13.0. The Morgan fingerprint density at radius 1 is 1.11 bits per heavy atom. The largest absolute Gasteiger partial charge is 0.487 e. The highest BCUT2D eigenvalue weighted by atomic mass is 19.1. The number of halogens is 2. The molecule has 2 aromatic rings. The standard InChI is InChI=1S/C13H12F2N2O/c14-10-3-11(15)5-13(4-10)18-8-12-2-1-9(6-16)7-17-12/h1-5,7H,6,8,16H2. The van der Waals surface area contributed by atoms with Gasteiger partial charge in [0.15, 0.2) is 0 Å². The maximum atomic E-state index is 12.9. The van der Waals surface area contributed by atoms with Crippen LogP contribution < -0.4 is 10.5 Å². The van der Waals surface area contributed by atoms with Gasteiger partial charge in [-0.15, -0.1) is 0 Å². The van der Waals surface area contributed by atoms with E-state index >= 15 is 0 Å². The first kappa shape index (κ1) is 12.4. The lowest BCUT2D eigenvalue weighted by Crippen LogP contribution is -2.01. The van der Waals surface area contributed by atoms with Crippen molar-refractivity contribution in [1.29, 1.82) is 0 Å². The normalized spacial score (nSPS) is 10.4. The molecule has 1 heterocycles. The van der Waals surface area contributed by atoms with Gasteiger partial charge >= 0.3 is 0 Å². The van der Waals surface area contributed by atoms with Crippen molar-refractivity contribution >= 4 is 0 Å². The number of aromatic nitrogens is 1. The fourth-order valence-electron chi connectivity index (χ4n) is 1.43. The van der Waals surface area contributed by atoms with Crippen molar-refractivity contribution in [3.63, 3.8) is 0 Å². The second-order valence-electron chi connectivity index (χ2n) is 3.76. The van der Waals surface area contributed by atoms with E-state index in [2.05, 4.69) is 4.98 Å². The van der Waals surface area contributed by atoms with Crippen LogP contribution >= 0.6 is 0 Å². The highest BCUT2D eigenvalue weighted by molar-refractivity contribution is 5.24. The molecule has 5 heteroatoms. The van der Waals surface area contributed by atoms with Crippen LogP contribution in [0.5, 0.6) is 5.75 Å².